The van der Waals surface area contributed by atoms with E-state index < -0.39 is 0 Å². The zero-order valence-corrected chi connectivity index (χ0v) is 10.7. The van der Waals surface area contributed by atoms with Gasteiger partial charge in [-0.3, -0.25) is 0 Å². The Bertz CT molecular complexity index is 539. The van der Waals surface area contributed by atoms with E-state index in [-0.39, 0.29) is 0 Å². The molecular weight excluding hydrogens is 226 g/mol. The smallest absolute Gasteiger partial charge is 0.154 e. The van der Waals surface area contributed by atoms with Crippen LogP contribution in [-0.4, -0.2) is 34.2 Å². The van der Waals surface area contributed by atoms with E-state index in [1.54, 1.807) is 0 Å². The third-order valence-corrected chi connectivity index (χ3v) is 4.07. The summed E-state index contributed by atoms with van der Waals surface area (Å²) in [7, 11) is 0. The minimum atomic E-state index is 0.293. The van der Waals surface area contributed by atoms with Gasteiger partial charge in [0.05, 0.1) is 6.20 Å². The number of nitrogens with zero attached hydrogens (tertiary/aromatic N) is 4. The van der Waals surface area contributed by atoms with Gasteiger partial charge < -0.3 is 10.6 Å². The Morgan fingerprint density at radius 2 is 2.11 bits per heavy atom. The summed E-state index contributed by atoms with van der Waals surface area (Å²) < 4.78 is 1.87. The maximum Gasteiger partial charge on any atom is 0.154 e. The Kier molecular flexibility index (Phi) is 2.70. The highest BCUT2D eigenvalue weighted by Gasteiger charge is 2.29. The second-order valence-electron chi connectivity index (χ2n) is 5.41. The molecule has 1 saturated heterocycles. The van der Waals surface area contributed by atoms with Crippen LogP contribution in [0.1, 0.15) is 19.8 Å². The van der Waals surface area contributed by atoms with Crippen molar-refractivity contribution in [2.24, 2.45) is 11.1 Å². The lowest BCUT2D eigenvalue weighted by Crippen LogP contribution is -2.42. The predicted octanol–water partition coefficient (Wildman–Crippen LogP) is 1.29. The van der Waals surface area contributed by atoms with E-state index >= 15 is 0 Å². The monoisotopic (exact) mass is 245 g/mol. The summed E-state index contributed by atoms with van der Waals surface area (Å²) >= 11 is 0. The molecule has 0 aliphatic carbocycles. The van der Waals surface area contributed by atoms with Crippen LogP contribution in [0.3, 0.4) is 0 Å². The maximum atomic E-state index is 5.85. The Morgan fingerprint density at radius 3 is 2.83 bits per heavy atom. The molecule has 18 heavy (non-hydrogen) atoms. The Morgan fingerprint density at radius 1 is 1.33 bits per heavy atom. The fraction of sp³-hybridized carbons (Fsp3) is 0.538. The van der Waals surface area contributed by atoms with Crippen molar-refractivity contribution in [1.29, 1.82) is 0 Å². The first kappa shape index (κ1) is 11.5. The van der Waals surface area contributed by atoms with Crippen LogP contribution in [0.25, 0.3) is 5.52 Å². The lowest BCUT2D eigenvalue weighted by atomic mass is 9.80. The molecule has 3 rings (SSSR count). The van der Waals surface area contributed by atoms with Crippen LogP contribution < -0.4 is 10.6 Å². The van der Waals surface area contributed by atoms with Gasteiger partial charge in [-0.05, 0) is 30.9 Å². The van der Waals surface area contributed by atoms with E-state index in [4.69, 9.17) is 5.73 Å². The highest BCUT2D eigenvalue weighted by atomic mass is 15.3. The first-order chi connectivity index (χ1) is 8.72. The van der Waals surface area contributed by atoms with E-state index in [0.29, 0.717) is 5.41 Å². The molecule has 0 radical (unpaired) electrons. The molecule has 0 saturated carbocycles. The molecule has 2 aromatic rings. The molecule has 0 atom stereocenters. The minimum absolute atomic E-state index is 0.293. The van der Waals surface area contributed by atoms with Gasteiger partial charge in [-0.15, -0.1) is 0 Å². The van der Waals surface area contributed by atoms with Gasteiger partial charge in [0.25, 0.3) is 0 Å². The summed E-state index contributed by atoms with van der Waals surface area (Å²) in [4.78, 5) is 6.85. The summed E-state index contributed by atoms with van der Waals surface area (Å²) in [5.41, 5.74) is 7.22. The van der Waals surface area contributed by atoms with Crippen molar-refractivity contribution in [1.82, 2.24) is 14.6 Å². The minimum Gasteiger partial charge on any atom is -0.355 e. The van der Waals surface area contributed by atoms with Crippen LogP contribution in [-0.2, 0) is 0 Å². The first-order valence-corrected chi connectivity index (χ1v) is 6.45. The topological polar surface area (TPSA) is 59.5 Å². The largest absolute Gasteiger partial charge is 0.355 e. The molecule has 96 valence electrons. The molecule has 0 amide bonds. The van der Waals surface area contributed by atoms with Crippen molar-refractivity contribution in [3.63, 3.8) is 0 Å². The van der Waals surface area contributed by atoms with Crippen molar-refractivity contribution in [3.05, 3.63) is 24.7 Å². The average Bonchev–Trinajstić information content (AvgIpc) is 2.88. The number of aromatic nitrogens is 3. The van der Waals surface area contributed by atoms with E-state index in [1.807, 2.05) is 29.2 Å². The SMILES string of the molecule is CC1(CN)CCN(c2nccn3nccc23)CC1. The number of hydrogen-bond donors (Lipinski definition) is 1. The standard InChI is InChI=1S/C13H19N5/c1-13(10-14)3-7-17(8-4-13)12-11-2-5-16-18(11)9-6-15-12/h2,5-6,9H,3-4,7-8,10,14H2,1H3. The molecule has 0 spiro atoms. The molecule has 1 fully saturated rings. The van der Waals surface area contributed by atoms with E-state index in [1.165, 1.54) is 0 Å². The summed E-state index contributed by atoms with van der Waals surface area (Å²) in [6.45, 7) is 5.08. The predicted molar refractivity (Wildman–Crippen MR) is 71.6 cm³/mol. The van der Waals surface area contributed by atoms with Crippen molar-refractivity contribution in [2.45, 2.75) is 19.8 Å². The second-order valence-corrected chi connectivity index (χ2v) is 5.41. The lowest BCUT2D eigenvalue weighted by molar-refractivity contribution is 0.258. The number of nitrogens with two attached hydrogens (primary N) is 1. The van der Waals surface area contributed by atoms with Crippen LogP contribution in [0.4, 0.5) is 5.82 Å². The normalized spacial score (nSPS) is 19.3. The molecule has 1 aliphatic rings. The maximum absolute atomic E-state index is 5.85. The van der Waals surface area contributed by atoms with Crippen LogP contribution >= 0.6 is 0 Å². The van der Waals surface area contributed by atoms with Crippen LogP contribution in [0.5, 0.6) is 0 Å². The molecule has 0 unspecified atom stereocenters. The van der Waals surface area contributed by atoms with Gasteiger partial charge in [0.1, 0.15) is 5.52 Å². The second kappa shape index (κ2) is 4.24. The third-order valence-electron chi connectivity index (χ3n) is 4.07. The van der Waals surface area contributed by atoms with E-state index in [0.717, 1.165) is 43.8 Å². The molecule has 5 nitrogen and oxygen atoms in total. The Hall–Kier alpha value is -1.62. The molecule has 3 heterocycles. The summed E-state index contributed by atoms with van der Waals surface area (Å²) in [6.07, 6.45) is 7.76. The van der Waals surface area contributed by atoms with Gasteiger partial charge in [0.2, 0.25) is 0 Å². The van der Waals surface area contributed by atoms with Gasteiger partial charge in [-0.25, -0.2) is 9.50 Å². The van der Waals surface area contributed by atoms with Gasteiger partial charge in [-0.1, -0.05) is 6.92 Å². The van der Waals surface area contributed by atoms with Crippen LogP contribution in [0.2, 0.25) is 0 Å². The van der Waals surface area contributed by atoms with Crippen molar-refractivity contribution >= 4 is 11.3 Å². The average molecular weight is 245 g/mol. The third kappa shape index (κ3) is 1.84. The number of anilines is 1. The molecule has 0 bridgehead atoms. The summed E-state index contributed by atoms with van der Waals surface area (Å²) in [5, 5.41) is 4.25. The van der Waals surface area contributed by atoms with E-state index in [9.17, 15) is 0 Å². The molecule has 2 N–H and O–H groups in total. The van der Waals surface area contributed by atoms with Gasteiger partial charge in [0, 0.05) is 25.5 Å². The zero-order chi connectivity index (χ0) is 12.6. The molecule has 1 aliphatic heterocycles. The van der Waals surface area contributed by atoms with E-state index in [2.05, 4.69) is 21.9 Å². The fourth-order valence-corrected chi connectivity index (χ4v) is 2.55. The summed E-state index contributed by atoms with van der Waals surface area (Å²) in [5.74, 6) is 1.04. The zero-order valence-electron chi connectivity index (χ0n) is 10.7. The molecule has 5 heteroatoms. The fourth-order valence-electron chi connectivity index (χ4n) is 2.55. The Labute approximate surface area is 107 Å². The van der Waals surface area contributed by atoms with Gasteiger partial charge >= 0.3 is 0 Å². The highest BCUT2D eigenvalue weighted by molar-refractivity contribution is 5.68. The summed E-state index contributed by atoms with van der Waals surface area (Å²) in [6, 6.07) is 2.01. The molecular formula is C13H19N5. The number of piperidine rings is 1. The molecule has 0 aromatic carbocycles. The number of rotatable bonds is 2. The first-order valence-electron chi connectivity index (χ1n) is 6.45. The highest BCUT2D eigenvalue weighted by Crippen LogP contribution is 2.32. The van der Waals surface area contributed by atoms with Crippen LogP contribution in [0.15, 0.2) is 24.7 Å². The molecule has 2 aromatic heterocycles. The van der Waals surface area contributed by atoms with Gasteiger partial charge in [0.15, 0.2) is 5.82 Å². The van der Waals surface area contributed by atoms with Crippen molar-refractivity contribution < 1.29 is 0 Å². The number of fused-ring (bicyclic) bond motifs is 1. The van der Waals surface area contributed by atoms with Crippen LogP contribution in [0, 0.1) is 5.41 Å². The van der Waals surface area contributed by atoms with Crippen molar-refractivity contribution in [2.75, 3.05) is 24.5 Å². The Balaban J connectivity index is 1.86. The quantitative estimate of drug-likeness (QED) is 0.866. The number of hydrogen-bond acceptors (Lipinski definition) is 4. The lowest BCUT2D eigenvalue weighted by Gasteiger charge is -2.39. The van der Waals surface area contributed by atoms with Crippen molar-refractivity contribution in [3.8, 4) is 0 Å². The van der Waals surface area contributed by atoms with Gasteiger partial charge in [-0.2, -0.15) is 5.10 Å².